The van der Waals surface area contributed by atoms with Crippen molar-refractivity contribution in [2.24, 2.45) is 5.92 Å². The molecule has 1 aromatic rings. The number of carbonyl (C=O) groups excluding carboxylic acids is 2. The Kier molecular flexibility index (Phi) is 5.98. The first kappa shape index (κ1) is 17.3. The van der Waals surface area contributed by atoms with E-state index in [0.717, 1.165) is 12.0 Å². The van der Waals surface area contributed by atoms with E-state index < -0.39 is 0 Å². The first-order valence-electron chi connectivity index (χ1n) is 7.92. The molecular weight excluding hydrogens is 294 g/mol. The van der Waals surface area contributed by atoms with Gasteiger partial charge in [0.2, 0.25) is 5.91 Å². The highest BCUT2D eigenvalue weighted by Crippen LogP contribution is 2.31. The van der Waals surface area contributed by atoms with Crippen molar-refractivity contribution >= 4 is 11.9 Å². The second-order valence-electron chi connectivity index (χ2n) is 6.30. The summed E-state index contributed by atoms with van der Waals surface area (Å²) in [5.41, 5.74) is 1.15. The minimum atomic E-state index is -0.293. The molecule has 1 fully saturated rings. The van der Waals surface area contributed by atoms with Crippen LogP contribution in [0.3, 0.4) is 0 Å². The van der Waals surface area contributed by atoms with Gasteiger partial charge >= 0.3 is 6.03 Å². The summed E-state index contributed by atoms with van der Waals surface area (Å²) in [6, 6.07) is 9.65. The summed E-state index contributed by atoms with van der Waals surface area (Å²) in [4.78, 5) is 24.9. The number of aliphatic hydroxyl groups is 1. The van der Waals surface area contributed by atoms with Gasteiger partial charge in [-0.05, 0) is 30.7 Å². The zero-order chi connectivity index (χ0) is 16.8. The normalized spacial score (nSPS) is 21.0. The van der Waals surface area contributed by atoms with Crippen molar-refractivity contribution in [1.29, 1.82) is 0 Å². The van der Waals surface area contributed by atoms with E-state index in [9.17, 15) is 14.7 Å². The minimum Gasteiger partial charge on any atom is -0.393 e. The monoisotopic (exact) mass is 319 g/mol. The fourth-order valence-corrected chi connectivity index (χ4v) is 2.73. The lowest BCUT2D eigenvalue weighted by Crippen LogP contribution is -2.51. The van der Waals surface area contributed by atoms with Crippen LogP contribution in [0.2, 0.25) is 0 Å². The van der Waals surface area contributed by atoms with Crippen molar-refractivity contribution in [2.75, 3.05) is 20.6 Å². The van der Waals surface area contributed by atoms with Gasteiger partial charge in [0, 0.05) is 20.1 Å². The molecule has 6 nitrogen and oxygen atoms in total. The topological polar surface area (TPSA) is 81.7 Å². The molecule has 1 aromatic carbocycles. The molecule has 6 heteroatoms. The van der Waals surface area contributed by atoms with Gasteiger partial charge in [0.25, 0.3) is 0 Å². The largest absolute Gasteiger partial charge is 0.393 e. The van der Waals surface area contributed by atoms with Crippen LogP contribution >= 0.6 is 0 Å². The van der Waals surface area contributed by atoms with Gasteiger partial charge in [-0.25, -0.2) is 4.79 Å². The molecule has 0 aromatic heterocycles. The first-order chi connectivity index (χ1) is 11.0. The maximum Gasteiger partial charge on any atom is 0.317 e. The molecule has 23 heavy (non-hydrogen) atoms. The molecule has 3 amide bonds. The molecule has 0 heterocycles. The number of rotatable bonds is 6. The highest BCUT2D eigenvalue weighted by molar-refractivity contribution is 5.83. The Balaban J connectivity index is 1.89. The number of carbonyl (C=O) groups is 2. The molecule has 1 saturated carbocycles. The van der Waals surface area contributed by atoms with Gasteiger partial charge in [-0.1, -0.05) is 30.3 Å². The summed E-state index contributed by atoms with van der Waals surface area (Å²) in [5.74, 6) is 0.0706. The van der Waals surface area contributed by atoms with Crippen LogP contribution in [0.25, 0.3) is 0 Å². The Labute approximate surface area is 136 Å². The first-order valence-corrected chi connectivity index (χ1v) is 7.92. The van der Waals surface area contributed by atoms with Gasteiger partial charge in [-0.3, -0.25) is 4.79 Å². The third kappa shape index (κ3) is 5.25. The Morgan fingerprint density at radius 3 is 2.48 bits per heavy atom. The molecule has 1 atom stereocenters. The van der Waals surface area contributed by atoms with Crippen LogP contribution in [0.15, 0.2) is 30.3 Å². The van der Waals surface area contributed by atoms with Crippen molar-refractivity contribution in [3.05, 3.63) is 35.9 Å². The predicted molar refractivity (Wildman–Crippen MR) is 87.9 cm³/mol. The van der Waals surface area contributed by atoms with Crippen LogP contribution in [-0.4, -0.2) is 54.7 Å². The number of urea groups is 1. The zero-order valence-corrected chi connectivity index (χ0v) is 13.7. The number of amides is 3. The Morgan fingerprint density at radius 1 is 1.26 bits per heavy atom. The van der Waals surface area contributed by atoms with Gasteiger partial charge < -0.3 is 20.6 Å². The fraction of sp³-hybridized carbons (Fsp3) is 0.529. The SMILES string of the molecule is CN(C)C(=O)NCC(=O)NC(Cc1ccccc1)C1CC(O)C1. The maximum atomic E-state index is 12.1. The molecule has 0 radical (unpaired) electrons. The smallest absolute Gasteiger partial charge is 0.317 e. The molecule has 2 rings (SSSR count). The van der Waals surface area contributed by atoms with Crippen LogP contribution in [0.5, 0.6) is 0 Å². The molecular formula is C17H25N3O3. The van der Waals surface area contributed by atoms with E-state index in [1.807, 2.05) is 30.3 Å². The summed E-state index contributed by atoms with van der Waals surface area (Å²) < 4.78 is 0. The zero-order valence-electron chi connectivity index (χ0n) is 13.7. The number of hydrogen-bond donors (Lipinski definition) is 3. The molecule has 1 unspecified atom stereocenters. The Morgan fingerprint density at radius 2 is 1.91 bits per heavy atom. The number of nitrogens with zero attached hydrogens (tertiary/aromatic N) is 1. The van der Waals surface area contributed by atoms with E-state index in [4.69, 9.17) is 0 Å². The van der Waals surface area contributed by atoms with E-state index in [-0.39, 0.29) is 36.5 Å². The van der Waals surface area contributed by atoms with E-state index in [1.165, 1.54) is 4.90 Å². The molecule has 1 aliphatic carbocycles. The highest BCUT2D eigenvalue weighted by atomic mass is 16.3. The molecule has 0 aliphatic heterocycles. The quantitative estimate of drug-likeness (QED) is 0.724. The molecule has 0 spiro atoms. The lowest BCUT2D eigenvalue weighted by molar-refractivity contribution is -0.121. The van der Waals surface area contributed by atoms with E-state index in [0.29, 0.717) is 12.8 Å². The number of nitrogens with one attached hydrogen (secondary N) is 2. The lowest BCUT2D eigenvalue weighted by Gasteiger charge is -2.38. The van der Waals surface area contributed by atoms with Gasteiger partial charge in [0.1, 0.15) is 0 Å². The van der Waals surface area contributed by atoms with Crippen LogP contribution in [0.4, 0.5) is 4.79 Å². The highest BCUT2D eigenvalue weighted by Gasteiger charge is 2.34. The molecule has 126 valence electrons. The van der Waals surface area contributed by atoms with Crippen molar-refractivity contribution in [1.82, 2.24) is 15.5 Å². The molecule has 0 saturated heterocycles. The third-order valence-corrected chi connectivity index (χ3v) is 4.17. The van der Waals surface area contributed by atoms with Crippen molar-refractivity contribution in [2.45, 2.75) is 31.4 Å². The molecule has 1 aliphatic rings. The van der Waals surface area contributed by atoms with Crippen molar-refractivity contribution in [3.8, 4) is 0 Å². The second kappa shape index (κ2) is 7.97. The fourth-order valence-electron chi connectivity index (χ4n) is 2.73. The summed E-state index contributed by atoms with van der Waals surface area (Å²) in [7, 11) is 3.25. The summed E-state index contributed by atoms with van der Waals surface area (Å²) in [6.07, 6.45) is 1.89. The van der Waals surface area contributed by atoms with Crippen LogP contribution in [-0.2, 0) is 11.2 Å². The van der Waals surface area contributed by atoms with Gasteiger partial charge in [0.05, 0.1) is 12.6 Å². The lowest BCUT2D eigenvalue weighted by atomic mass is 9.75. The minimum absolute atomic E-state index is 0.0236. The van der Waals surface area contributed by atoms with Crippen LogP contribution < -0.4 is 10.6 Å². The second-order valence-corrected chi connectivity index (χ2v) is 6.30. The van der Waals surface area contributed by atoms with Crippen molar-refractivity contribution < 1.29 is 14.7 Å². The van der Waals surface area contributed by atoms with Crippen LogP contribution in [0.1, 0.15) is 18.4 Å². The van der Waals surface area contributed by atoms with Crippen molar-refractivity contribution in [3.63, 3.8) is 0 Å². The van der Waals surface area contributed by atoms with Gasteiger partial charge in [-0.15, -0.1) is 0 Å². The summed E-state index contributed by atoms with van der Waals surface area (Å²) in [6.45, 7) is -0.0441. The van der Waals surface area contributed by atoms with E-state index >= 15 is 0 Å². The molecule has 0 bridgehead atoms. The molecule has 3 N–H and O–H groups in total. The average Bonchev–Trinajstić information content (AvgIpc) is 2.49. The number of benzene rings is 1. The van der Waals surface area contributed by atoms with Gasteiger partial charge in [-0.2, -0.15) is 0 Å². The number of hydrogen-bond acceptors (Lipinski definition) is 3. The van der Waals surface area contributed by atoms with Gasteiger partial charge in [0.15, 0.2) is 0 Å². The van der Waals surface area contributed by atoms with E-state index in [1.54, 1.807) is 14.1 Å². The average molecular weight is 319 g/mol. The summed E-state index contributed by atoms with van der Waals surface area (Å²) >= 11 is 0. The predicted octanol–water partition coefficient (Wildman–Crippen LogP) is 0.756. The number of aliphatic hydroxyl groups excluding tert-OH is 1. The summed E-state index contributed by atoms with van der Waals surface area (Å²) in [5, 5.41) is 15.1. The Hall–Kier alpha value is -2.08. The maximum absolute atomic E-state index is 12.1. The van der Waals surface area contributed by atoms with Crippen LogP contribution in [0, 0.1) is 5.92 Å². The Bertz CT molecular complexity index is 527. The standard InChI is InChI=1S/C17H25N3O3/c1-20(2)17(23)18-11-16(22)19-15(13-9-14(21)10-13)8-12-6-4-3-5-7-12/h3-7,13-15,21H,8-11H2,1-2H3,(H,18,23)(H,19,22). The third-order valence-electron chi connectivity index (χ3n) is 4.17. The van der Waals surface area contributed by atoms with E-state index in [2.05, 4.69) is 10.6 Å².